The lowest BCUT2D eigenvalue weighted by atomic mass is 10.2. The number of nitro benzene ring substituents is 1. The number of nitrogens with one attached hydrogen (secondary N) is 1. The molecule has 1 heterocycles. The van der Waals surface area contributed by atoms with Gasteiger partial charge in [-0.15, -0.1) is 0 Å². The SMILES string of the molecule is O=[N+]([O-])c1ccc(NCc2csc([N+](=O)[O-])c2)cc1. The van der Waals surface area contributed by atoms with Crippen molar-refractivity contribution in [3.63, 3.8) is 0 Å². The fraction of sp³-hybridized carbons (Fsp3) is 0.0909. The van der Waals surface area contributed by atoms with E-state index in [1.807, 2.05) is 0 Å². The molecule has 0 saturated heterocycles. The molecule has 0 amide bonds. The largest absolute Gasteiger partial charge is 0.381 e. The van der Waals surface area contributed by atoms with Crippen molar-refractivity contribution in [1.82, 2.24) is 0 Å². The molecule has 0 saturated carbocycles. The van der Waals surface area contributed by atoms with Gasteiger partial charge in [0.15, 0.2) is 0 Å². The standard InChI is InChI=1S/C11H9N3O4S/c15-13(16)10-3-1-9(2-4-10)12-6-8-5-11(14(17)18)19-7-8/h1-5,7,12H,6H2. The van der Waals surface area contributed by atoms with E-state index in [0.29, 0.717) is 6.54 Å². The summed E-state index contributed by atoms with van der Waals surface area (Å²) < 4.78 is 0. The molecule has 0 radical (unpaired) electrons. The molecule has 19 heavy (non-hydrogen) atoms. The van der Waals surface area contributed by atoms with Crippen LogP contribution in [0.1, 0.15) is 5.56 Å². The average Bonchev–Trinajstić information content (AvgIpc) is 2.86. The van der Waals surface area contributed by atoms with Crippen LogP contribution in [0.2, 0.25) is 0 Å². The molecule has 0 spiro atoms. The van der Waals surface area contributed by atoms with E-state index >= 15 is 0 Å². The number of nitro groups is 2. The molecule has 0 aliphatic heterocycles. The summed E-state index contributed by atoms with van der Waals surface area (Å²) in [5, 5.41) is 25.8. The molecule has 1 aromatic heterocycles. The Morgan fingerprint density at radius 1 is 1.11 bits per heavy atom. The molecular weight excluding hydrogens is 270 g/mol. The van der Waals surface area contributed by atoms with Crippen LogP contribution in [-0.2, 0) is 6.54 Å². The fourth-order valence-corrected chi connectivity index (χ4v) is 2.19. The highest BCUT2D eigenvalue weighted by Gasteiger charge is 2.09. The van der Waals surface area contributed by atoms with Crippen molar-refractivity contribution < 1.29 is 9.85 Å². The van der Waals surface area contributed by atoms with Gasteiger partial charge in [0.05, 0.1) is 9.85 Å². The summed E-state index contributed by atoms with van der Waals surface area (Å²) in [7, 11) is 0. The summed E-state index contributed by atoms with van der Waals surface area (Å²) >= 11 is 1.07. The van der Waals surface area contributed by atoms with Crippen LogP contribution in [0, 0.1) is 20.2 Å². The zero-order valence-electron chi connectivity index (χ0n) is 9.61. The Balaban J connectivity index is 1.97. The quantitative estimate of drug-likeness (QED) is 0.669. The molecule has 98 valence electrons. The van der Waals surface area contributed by atoms with Gasteiger partial charge in [-0.1, -0.05) is 11.3 Å². The van der Waals surface area contributed by atoms with Crippen molar-refractivity contribution >= 4 is 27.7 Å². The number of anilines is 1. The molecule has 0 aliphatic carbocycles. The van der Waals surface area contributed by atoms with E-state index in [-0.39, 0.29) is 10.7 Å². The normalized spacial score (nSPS) is 10.1. The summed E-state index contributed by atoms with van der Waals surface area (Å²) in [6.45, 7) is 0.433. The van der Waals surface area contributed by atoms with Crippen LogP contribution in [0.4, 0.5) is 16.4 Å². The Morgan fingerprint density at radius 2 is 1.79 bits per heavy atom. The Kier molecular flexibility index (Phi) is 3.71. The molecule has 7 nitrogen and oxygen atoms in total. The van der Waals surface area contributed by atoms with Crippen molar-refractivity contribution in [2.75, 3.05) is 5.32 Å². The van der Waals surface area contributed by atoms with Crippen LogP contribution >= 0.6 is 11.3 Å². The maximum atomic E-state index is 10.5. The number of thiophene rings is 1. The van der Waals surface area contributed by atoms with E-state index in [2.05, 4.69) is 5.32 Å². The van der Waals surface area contributed by atoms with Crippen molar-refractivity contribution in [1.29, 1.82) is 0 Å². The third kappa shape index (κ3) is 3.26. The van der Waals surface area contributed by atoms with Gasteiger partial charge in [0.1, 0.15) is 0 Å². The number of benzene rings is 1. The van der Waals surface area contributed by atoms with Crippen LogP contribution in [-0.4, -0.2) is 9.85 Å². The summed E-state index contributed by atoms with van der Waals surface area (Å²) in [4.78, 5) is 20.1. The lowest BCUT2D eigenvalue weighted by molar-refractivity contribution is -0.384. The smallest absolute Gasteiger partial charge is 0.324 e. The molecule has 2 aromatic rings. The lowest BCUT2D eigenvalue weighted by Gasteiger charge is -2.03. The minimum atomic E-state index is -0.466. The van der Waals surface area contributed by atoms with Gasteiger partial charge in [0.25, 0.3) is 5.69 Å². The third-order valence-electron chi connectivity index (χ3n) is 2.39. The van der Waals surface area contributed by atoms with Gasteiger partial charge < -0.3 is 5.32 Å². The predicted octanol–water partition coefficient (Wildman–Crippen LogP) is 3.18. The van der Waals surface area contributed by atoms with Crippen LogP contribution in [0.5, 0.6) is 0 Å². The highest BCUT2D eigenvalue weighted by atomic mass is 32.1. The molecule has 0 aliphatic rings. The van der Waals surface area contributed by atoms with Gasteiger partial charge in [-0.05, 0) is 17.7 Å². The first-order valence-electron chi connectivity index (χ1n) is 5.26. The van der Waals surface area contributed by atoms with Crippen LogP contribution in [0.15, 0.2) is 35.7 Å². The summed E-state index contributed by atoms with van der Waals surface area (Å²) in [5.74, 6) is 0. The Labute approximate surface area is 111 Å². The summed E-state index contributed by atoms with van der Waals surface area (Å²) in [5.41, 5.74) is 1.55. The van der Waals surface area contributed by atoms with E-state index in [1.54, 1.807) is 17.5 Å². The maximum absolute atomic E-state index is 10.5. The second-order valence-electron chi connectivity index (χ2n) is 3.71. The molecule has 1 aromatic carbocycles. The van der Waals surface area contributed by atoms with Gasteiger partial charge in [0.2, 0.25) is 0 Å². The molecule has 0 atom stereocenters. The van der Waals surface area contributed by atoms with E-state index < -0.39 is 9.85 Å². The van der Waals surface area contributed by atoms with Crippen LogP contribution < -0.4 is 5.32 Å². The maximum Gasteiger partial charge on any atom is 0.324 e. The zero-order chi connectivity index (χ0) is 13.8. The monoisotopic (exact) mass is 279 g/mol. The fourth-order valence-electron chi connectivity index (χ4n) is 1.46. The van der Waals surface area contributed by atoms with Gasteiger partial charge in [0, 0.05) is 35.8 Å². The van der Waals surface area contributed by atoms with E-state index in [0.717, 1.165) is 22.6 Å². The highest BCUT2D eigenvalue weighted by molar-refractivity contribution is 7.13. The molecular formula is C11H9N3O4S. The highest BCUT2D eigenvalue weighted by Crippen LogP contribution is 2.23. The molecule has 0 unspecified atom stereocenters. The number of hydrogen-bond acceptors (Lipinski definition) is 6. The van der Waals surface area contributed by atoms with E-state index in [9.17, 15) is 20.2 Å². The van der Waals surface area contributed by atoms with Gasteiger partial charge in [-0.25, -0.2) is 0 Å². The Bertz CT molecular complexity index is 609. The van der Waals surface area contributed by atoms with Crippen LogP contribution in [0.3, 0.4) is 0 Å². The van der Waals surface area contributed by atoms with E-state index in [1.165, 1.54) is 18.2 Å². The third-order valence-corrected chi connectivity index (χ3v) is 3.32. The number of nitrogens with zero attached hydrogens (tertiary/aromatic N) is 2. The van der Waals surface area contributed by atoms with Crippen molar-refractivity contribution in [2.24, 2.45) is 0 Å². The van der Waals surface area contributed by atoms with Crippen molar-refractivity contribution in [2.45, 2.75) is 6.54 Å². The predicted molar refractivity (Wildman–Crippen MR) is 71.4 cm³/mol. The first-order valence-corrected chi connectivity index (χ1v) is 6.14. The topological polar surface area (TPSA) is 98.3 Å². The molecule has 2 rings (SSSR count). The van der Waals surface area contributed by atoms with Gasteiger partial charge in [-0.3, -0.25) is 20.2 Å². The van der Waals surface area contributed by atoms with Gasteiger partial charge in [-0.2, -0.15) is 0 Å². The number of rotatable bonds is 5. The van der Waals surface area contributed by atoms with Gasteiger partial charge >= 0.3 is 5.00 Å². The van der Waals surface area contributed by atoms with E-state index in [4.69, 9.17) is 0 Å². The first-order chi connectivity index (χ1) is 9.06. The van der Waals surface area contributed by atoms with Crippen molar-refractivity contribution in [3.8, 4) is 0 Å². The summed E-state index contributed by atoms with van der Waals surface area (Å²) in [6, 6.07) is 7.50. The molecule has 1 N–H and O–H groups in total. The number of non-ortho nitro benzene ring substituents is 1. The van der Waals surface area contributed by atoms with Crippen molar-refractivity contribution in [3.05, 3.63) is 61.5 Å². The minimum Gasteiger partial charge on any atom is -0.381 e. The second kappa shape index (κ2) is 5.44. The minimum absolute atomic E-state index is 0.0247. The Morgan fingerprint density at radius 3 is 2.32 bits per heavy atom. The lowest BCUT2D eigenvalue weighted by Crippen LogP contribution is -1.98. The van der Waals surface area contributed by atoms with Crippen LogP contribution in [0.25, 0.3) is 0 Å². The summed E-state index contributed by atoms with van der Waals surface area (Å²) in [6.07, 6.45) is 0. The molecule has 0 bridgehead atoms. The molecule has 0 fully saturated rings. The zero-order valence-corrected chi connectivity index (χ0v) is 10.4. The first kappa shape index (κ1) is 13.0. The average molecular weight is 279 g/mol. The number of hydrogen-bond donors (Lipinski definition) is 1. The second-order valence-corrected chi connectivity index (χ2v) is 4.60. The Hall–Kier alpha value is -2.48. The molecule has 8 heteroatoms.